The number of aromatic nitrogens is 4. The highest BCUT2D eigenvalue weighted by molar-refractivity contribution is 7.10. The van der Waals surface area contributed by atoms with Crippen LogP contribution in [0.2, 0.25) is 0 Å². The Morgan fingerprint density at radius 3 is 2.88 bits per heavy atom. The molecule has 8 heteroatoms. The number of piperidine rings is 1. The smallest absolute Gasteiger partial charge is 0.277 e. The van der Waals surface area contributed by atoms with Crippen LogP contribution in [0.1, 0.15) is 55.0 Å². The highest BCUT2D eigenvalue weighted by Gasteiger charge is 2.31. The minimum atomic E-state index is -0.131. The molecule has 3 heterocycles. The highest BCUT2D eigenvalue weighted by atomic mass is 32.1. The summed E-state index contributed by atoms with van der Waals surface area (Å²) in [7, 11) is 0. The van der Waals surface area contributed by atoms with E-state index in [0.717, 1.165) is 41.2 Å². The first-order valence-corrected chi connectivity index (χ1v) is 9.67. The van der Waals surface area contributed by atoms with Gasteiger partial charge in [-0.05, 0) is 38.8 Å². The molecule has 2 N–H and O–H groups in total. The van der Waals surface area contributed by atoms with Gasteiger partial charge in [-0.1, -0.05) is 16.6 Å². The van der Waals surface area contributed by atoms with Crippen LogP contribution in [0.25, 0.3) is 11.0 Å². The molecule has 0 spiro atoms. The maximum atomic E-state index is 12.8. The Morgan fingerprint density at radius 2 is 2.15 bits per heavy atom. The van der Waals surface area contributed by atoms with Gasteiger partial charge in [0.05, 0.1) is 11.0 Å². The van der Waals surface area contributed by atoms with Gasteiger partial charge in [0.15, 0.2) is 5.69 Å². The second-order valence-corrected chi connectivity index (χ2v) is 7.78. The fourth-order valence-corrected chi connectivity index (χ4v) is 4.19. The maximum Gasteiger partial charge on any atom is 0.277 e. The zero-order chi connectivity index (χ0) is 18.3. The first kappa shape index (κ1) is 17.0. The molecule has 1 aromatic carbocycles. The minimum Gasteiger partial charge on any atom is -0.387 e. The molecule has 1 amide bonds. The molecule has 0 aliphatic carbocycles. The molecule has 0 bridgehead atoms. The Balaban J connectivity index is 1.66. The Bertz CT molecular complexity index is 946. The van der Waals surface area contributed by atoms with E-state index in [2.05, 4.69) is 34.1 Å². The fourth-order valence-electron chi connectivity index (χ4n) is 3.76. The van der Waals surface area contributed by atoms with Crippen molar-refractivity contribution in [1.82, 2.24) is 24.0 Å². The van der Waals surface area contributed by atoms with Crippen molar-refractivity contribution in [3.63, 3.8) is 0 Å². The molecular formula is C18H22N6OS. The lowest BCUT2D eigenvalue weighted by molar-refractivity contribution is 0.0698. The molecule has 0 unspecified atom stereocenters. The van der Waals surface area contributed by atoms with Crippen molar-refractivity contribution in [3.05, 3.63) is 35.8 Å². The number of amides is 1. The SMILES string of the molecule is CC(C)n1c([C@@H]2CCCN(C(=O)c3nnsc3N)C2)nc2ccccc21. The number of nitrogen functional groups attached to an aromatic ring is 1. The normalized spacial score (nSPS) is 18.0. The van der Waals surface area contributed by atoms with Gasteiger partial charge in [0.2, 0.25) is 0 Å². The van der Waals surface area contributed by atoms with E-state index in [-0.39, 0.29) is 17.5 Å². The Hall–Kier alpha value is -2.48. The predicted octanol–water partition coefficient (Wildman–Crippen LogP) is 3.07. The van der Waals surface area contributed by atoms with Crippen LogP contribution < -0.4 is 5.73 Å². The lowest BCUT2D eigenvalue weighted by Gasteiger charge is -2.32. The predicted molar refractivity (Wildman–Crippen MR) is 102 cm³/mol. The average molecular weight is 370 g/mol. The third-order valence-corrected chi connectivity index (χ3v) is 5.48. The topological polar surface area (TPSA) is 89.9 Å². The minimum absolute atomic E-state index is 0.131. The van der Waals surface area contributed by atoms with E-state index < -0.39 is 0 Å². The number of likely N-dealkylation sites (tertiary alicyclic amines) is 1. The number of para-hydroxylation sites is 2. The summed E-state index contributed by atoms with van der Waals surface area (Å²) in [5.41, 5.74) is 8.26. The van der Waals surface area contributed by atoms with Gasteiger partial charge in [-0.3, -0.25) is 4.79 Å². The number of anilines is 1. The summed E-state index contributed by atoms with van der Waals surface area (Å²) in [5.74, 6) is 1.13. The van der Waals surface area contributed by atoms with Gasteiger partial charge in [0, 0.05) is 36.6 Å². The zero-order valence-electron chi connectivity index (χ0n) is 14.9. The Kier molecular flexibility index (Phi) is 4.36. The van der Waals surface area contributed by atoms with Crippen LogP contribution >= 0.6 is 11.5 Å². The van der Waals surface area contributed by atoms with Crippen molar-refractivity contribution in [2.75, 3.05) is 18.8 Å². The van der Waals surface area contributed by atoms with Gasteiger partial charge in [-0.2, -0.15) is 0 Å². The summed E-state index contributed by atoms with van der Waals surface area (Å²) in [5, 5.41) is 4.28. The van der Waals surface area contributed by atoms with Crippen LogP contribution in [0.3, 0.4) is 0 Å². The number of nitrogens with two attached hydrogens (primary N) is 1. The number of nitrogens with zero attached hydrogens (tertiary/aromatic N) is 5. The highest BCUT2D eigenvalue weighted by Crippen LogP contribution is 2.32. The monoisotopic (exact) mass is 370 g/mol. The number of hydrogen-bond acceptors (Lipinski definition) is 6. The van der Waals surface area contributed by atoms with Crippen molar-refractivity contribution in [3.8, 4) is 0 Å². The third kappa shape index (κ3) is 2.84. The van der Waals surface area contributed by atoms with Crippen molar-refractivity contribution < 1.29 is 4.79 Å². The molecule has 7 nitrogen and oxygen atoms in total. The van der Waals surface area contributed by atoms with Gasteiger partial charge in [0.25, 0.3) is 5.91 Å². The second kappa shape index (κ2) is 6.68. The van der Waals surface area contributed by atoms with E-state index >= 15 is 0 Å². The summed E-state index contributed by atoms with van der Waals surface area (Å²) in [6, 6.07) is 8.52. The molecule has 1 aliphatic rings. The molecule has 1 saturated heterocycles. The van der Waals surface area contributed by atoms with Crippen molar-refractivity contribution in [1.29, 1.82) is 0 Å². The van der Waals surface area contributed by atoms with E-state index in [1.807, 2.05) is 23.1 Å². The van der Waals surface area contributed by atoms with E-state index in [9.17, 15) is 4.79 Å². The van der Waals surface area contributed by atoms with Crippen LogP contribution in [0, 0.1) is 0 Å². The third-order valence-electron chi connectivity index (χ3n) is 4.93. The van der Waals surface area contributed by atoms with Crippen molar-refractivity contribution >= 4 is 33.5 Å². The lowest BCUT2D eigenvalue weighted by atomic mass is 9.96. The first-order chi connectivity index (χ1) is 12.6. The summed E-state index contributed by atoms with van der Waals surface area (Å²) >= 11 is 1.06. The molecule has 4 rings (SSSR count). The molecule has 0 saturated carbocycles. The first-order valence-electron chi connectivity index (χ1n) is 8.90. The molecule has 136 valence electrons. The molecule has 3 aromatic rings. The number of hydrogen-bond donors (Lipinski definition) is 1. The van der Waals surface area contributed by atoms with Crippen molar-refractivity contribution in [2.24, 2.45) is 0 Å². The van der Waals surface area contributed by atoms with E-state index in [1.165, 1.54) is 0 Å². The van der Waals surface area contributed by atoms with Gasteiger partial charge in [-0.15, -0.1) is 5.10 Å². The Labute approximate surface area is 156 Å². The fraction of sp³-hybridized carbons (Fsp3) is 0.444. The molecular weight excluding hydrogens is 348 g/mol. The molecule has 2 aromatic heterocycles. The number of rotatable bonds is 3. The number of carbonyl (C=O) groups excluding carboxylic acids is 1. The number of benzene rings is 1. The second-order valence-electron chi connectivity index (χ2n) is 7.00. The Morgan fingerprint density at radius 1 is 1.35 bits per heavy atom. The summed E-state index contributed by atoms with van der Waals surface area (Å²) in [6.07, 6.45) is 1.96. The maximum absolute atomic E-state index is 12.8. The number of imidazole rings is 1. The summed E-state index contributed by atoms with van der Waals surface area (Å²) in [4.78, 5) is 19.5. The number of carbonyl (C=O) groups is 1. The number of fused-ring (bicyclic) bond motifs is 1. The average Bonchev–Trinajstić information content (AvgIpc) is 3.24. The molecule has 0 radical (unpaired) electrons. The van der Waals surface area contributed by atoms with Crippen LogP contribution in [-0.4, -0.2) is 43.0 Å². The quantitative estimate of drug-likeness (QED) is 0.765. The van der Waals surface area contributed by atoms with Crippen molar-refractivity contribution in [2.45, 2.75) is 38.6 Å². The van der Waals surface area contributed by atoms with Crippen LogP contribution in [-0.2, 0) is 0 Å². The van der Waals surface area contributed by atoms with E-state index in [0.29, 0.717) is 24.1 Å². The molecule has 1 aliphatic heterocycles. The standard InChI is InChI=1S/C18H22N6OS/c1-11(2)24-14-8-4-3-7-13(14)20-17(24)12-6-5-9-23(10-12)18(25)15-16(19)26-22-21-15/h3-4,7-8,11-12H,5-6,9-10,19H2,1-2H3/t12-/m1/s1. The largest absolute Gasteiger partial charge is 0.387 e. The van der Waals surface area contributed by atoms with Gasteiger partial charge in [0.1, 0.15) is 10.8 Å². The van der Waals surface area contributed by atoms with E-state index in [1.54, 1.807) is 0 Å². The van der Waals surface area contributed by atoms with E-state index in [4.69, 9.17) is 10.7 Å². The van der Waals surface area contributed by atoms with Crippen LogP contribution in [0.5, 0.6) is 0 Å². The van der Waals surface area contributed by atoms with Crippen LogP contribution in [0.15, 0.2) is 24.3 Å². The molecule has 1 fully saturated rings. The van der Waals surface area contributed by atoms with Gasteiger partial charge in [-0.25, -0.2) is 4.98 Å². The van der Waals surface area contributed by atoms with Gasteiger partial charge < -0.3 is 15.2 Å². The summed E-state index contributed by atoms with van der Waals surface area (Å²) < 4.78 is 6.08. The van der Waals surface area contributed by atoms with Crippen LogP contribution in [0.4, 0.5) is 5.00 Å². The zero-order valence-corrected chi connectivity index (χ0v) is 15.7. The molecule has 26 heavy (non-hydrogen) atoms. The summed E-state index contributed by atoms with van der Waals surface area (Å²) in [6.45, 7) is 5.69. The lowest BCUT2D eigenvalue weighted by Crippen LogP contribution is -2.40. The van der Waals surface area contributed by atoms with Gasteiger partial charge >= 0.3 is 0 Å². The molecule has 1 atom stereocenters.